The molecular formula is C12H17N3O. The summed E-state index contributed by atoms with van der Waals surface area (Å²) in [5.74, 6) is 0.398. The molecule has 0 saturated carbocycles. The van der Waals surface area contributed by atoms with Crippen LogP contribution in [0.1, 0.15) is 36.7 Å². The first kappa shape index (κ1) is 10.9. The summed E-state index contributed by atoms with van der Waals surface area (Å²) < 4.78 is 0. The lowest BCUT2D eigenvalue weighted by Gasteiger charge is -2.33. The van der Waals surface area contributed by atoms with Crippen LogP contribution in [0.5, 0.6) is 0 Å². The standard InChI is InChI=1S/C12H17N3O/c1-9-5-2-3-8-15(9)12(16)10-6-4-7-11(13)14-10/h4,6-7,9H,2-3,5,8H2,1H3,(H2,13,14). The van der Waals surface area contributed by atoms with Gasteiger partial charge in [-0.05, 0) is 38.3 Å². The summed E-state index contributed by atoms with van der Waals surface area (Å²) in [7, 11) is 0. The van der Waals surface area contributed by atoms with Gasteiger partial charge in [0.05, 0.1) is 0 Å². The molecule has 2 N–H and O–H groups in total. The minimum atomic E-state index is -0.000463. The maximum absolute atomic E-state index is 12.2. The summed E-state index contributed by atoms with van der Waals surface area (Å²) in [6.07, 6.45) is 3.36. The van der Waals surface area contributed by atoms with Gasteiger partial charge in [0.15, 0.2) is 0 Å². The molecule has 1 saturated heterocycles. The van der Waals surface area contributed by atoms with Gasteiger partial charge in [-0.25, -0.2) is 4.98 Å². The van der Waals surface area contributed by atoms with Crippen LogP contribution < -0.4 is 5.73 Å². The van der Waals surface area contributed by atoms with Crippen molar-refractivity contribution in [2.45, 2.75) is 32.2 Å². The number of aromatic nitrogens is 1. The van der Waals surface area contributed by atoms with Crippen molar-refractivity contribution in [2.24, 2.45) is 0 Å². The fourth-order valence-electron chi connectivity index (χ4n) is 2.12. The average Bonchev–Trinajstić information content (AvgIpc) is 2.29. The van der Waals surface area contributed by atoms with E-state index >= 15 is 0 Å². The van der Waals surface area contributed by atoms with Crippen molar-refractivity contribution in [1.29, 1.82) is 0 Å². The Hall–Kier alpha value is -1.58. The van der Waals surface area contributed by atoms with Crippen molar-refractivity contribution in [1.82, 2.24) is 9.88 Å². The molecule has 4 nitrogen and oxygen atoms in total. The van der Waals surface area contributed by atoms with Gasteiger partial charge in [0.1, 0.15) is 11.5 Å². The van der Waals surface area contributed by atoms with E-state index in [0.717, 1.165) is 19.4 Å². The van der Waals surface area contributed by atoms with Crippen LogP contribution in [0.3, 0.4) is 0 Å². The van der Waals surface area contributed by atoms with E-state index in [2.05, 4.69) is 11.9 Å². The molecule has 0 aliphatic carbocycles. The third-order valence-corrected chi connectivity index (χ3v) is 3.05. The van der Waals surface area contributed by atoms with Gasteiger partial charge >= 0.3 is 0 Å². The summed E-state index contributed by atoms with van der Waals surface area (Å²) in [4.78, 5) is 18.1. The molecule has 1 atom stereocenters. The number of nitrogens with zero attached hydrogens (tertiary/aromatic N) is 2. The van der Waals surface area contributed by atoms with Crippen molar-refractivity contribution in [2.75, 3.05) is 12.3 Å². The number of pyridine rings is 1. The molecule has 1 aliphatic rings. The highest BCUT2D eigenvalue weighted by molar-refractivity contribution is 5.92. The quantitative estimate of drug-likeness (QED) is 0.781. The molecule has 2 heterocycles. The molecule has 2 rings (SSSR count). The fourth-order valence-corrected chi connectivity index (χ4v) is 2.12. The highest BCUT2D eigenvalue weighted by Gasteiger charge is 2.24. The molecule has 4 heteroatoms. The SMILES string of the molecule is CC1CCCCN1C(=O)c1cccc(N)n1. The second-order valence-corrected chi connectivity index (χ2v) is 4.29. The molecule has 1 aliphatic heterocycles. The van der Waals surface area contributed by atoms with Crippen LogP contribution in [0, 0.1) is 0 Å². The second-order valence-electron chi connectivity index (χ2n) is 4.29. The normalized spacial score (nSPS) is 20.8. The number of anilines is 1. The molecule has 1 aromatic heterocycles. The van der Waals surface area contributed by atoms with E-state index in [0.29, 0.717) is 17.6 Å². The molecule has 1 unspecified atom stereocenters. The lowest BCUT2D eigenvalue weighted by Crippen LogP contribution is -2.42. The van der Waals surface area contributed by atoms with Crippen LogP contribution in [-0.2, 0) is 0 Å². The van der Waals surface area contributed by atoms with Crippen molar-refractivity contribution in [3.8, 4) is 0 Å². The summed E-state index contributed by atoms with van der Waals surface area (Å²) in [6, 6.07) is 5.49. The van der Waals surface area contributed by atoms with Gasteiger partial charge in [0.2, 0.25) is 0 Å². The first-order valence-corrected chi connectivity index (χ1v) is 5.72. The summed E-state index contributed by atoms with van der Waals surface area (Å²) >= 11 is 0. The number of piperidine rings is 1. The van der Waals surface area contributed by atoms with Gasteiger partial charge in [-0.3, -0.25) is 4.79 Å². The first-order chi connectivity index (χ1) is 7.68. The minimum absolute atomic E-state index is 0.000463. The molecule has 0 bridgehead atoms. The largest absolute Gasteiger partial charge is 0.384 e. The predicted molar refractivity (Wildman–Crippen MR) is 63.0 cm³/mol. The molecule has 1 amide bonds. The Morgan fingerprint density at radius 3 is 3.00 bits per heavy atom. The van der Waals surface area contributed by atoms with E-state index < -0.39 is 0 Å². The third-order valence-electron chi connectivity index (χ3n) is 3.05. The van der Waals surface area contributed by atoms with Crippen LogP contribution in [0.2, 0.25) is 0 Å². The predicted octanol–water partition coefficient (Wildman–Crippen LogP) is 1.68. The monoisotopic (exact) mass is 219 g/mol. The van der Waals surface area contributed by atoms with E-state index in [1.54, 1.807) is 18.2 Å². The van der Waals surface area contributed by atoms with Crippen LogP contribution in [0.4, 0.5) is 5.82 Å². The zero-order valence-electron chi connectivity index (χ0n) is 9.52. The lowest BCUT2D eigenvalue weighted by molar-refractivity contribution is 0.0629. The first-order valence-electron chi connectivity index (χ1n) is 5.72. The maximum atomic E-state index is 12.2. The van der Waals surface area contributed by atoms with Crippen molar-refractivity contribution >= 4 is 11.7 Å². The number of rotatable bonds is 1. The molecule has 16 heavy (non-hydrogen) atoms. The van der Waals surface area contributed by atoms with Gasteiger partial charge in [-0.15, -0.1) is 0 Å². The summed E-state index contributed by atoms with van der Waals surface area (Å²) in [5.41, 5.74) is 6.03. The molecule has 1 aromatic rings. The van der Waals surface area contributed by atoms with Gasteiger partial charge in [0, 0.05) is 12.6 Å². The number of hydrogen-bond acceptors (Lipinski definition) is 3. The summed E-state index contributed by atoms with van der Waals surface area (Å²) in [6.45, 7) is 2.92. The number of carbonyl (C=O) groups is 1. The number of amides is 1. The van der Waals surface area contributed by atoms with Gasteiger partial charge < -0.3 is 10.6 Å². The Morgan fingerprint density at radius 2 is 2.31 bits per heavy atom. The van der Waals surface area contributed by atoms with Crippen molar-refractivity contribution < 1.29 is 4.79 Å². The van der Waals surface area contributed by atoms with Gasteiger partial charge in [-0.2, -0.15) is 0 Å². The second kappa shape index (κ2) is 4.51. The highest BCUT2D eigenvalue weighted by atomic mass is 16.2. The van der Waals surface area contributed by atoms with Crippen LogP contribution in [-0.4, -0.2) is 28.4 Å². The highest BCUT2D eigenvalue weighted by Crippen LogP contribution is 2.18. The van der Waals surface area contributed by atoms with E-state index in [1.165, 1.54) is 6.42 Å². The average molecular weight is 219 g/mol. The Balaban J connectivity index is 2.17. The number of nitrogens with two attached hydrogens (primary N) is 1. The van der Waals surface area contributed by atoms with Crippen LogP contribution >= 0.6 is 0 Å². The Bertz CT molecular complexity index is 392. The molecular weight excluding hydrogens is 202 g/mol. The Labute approximate surface area is 95.5 Å². The van der Waals surface area contributed by atoms with Crippen LogP contribution in [0.15, 0.2) is 18.2 Å². The summed E-state index contributed by atoms with van der Waals surface area (Å²) in [5, 5.41) is 0. The van der Waals surface area contributed by atoms with Gasteiger partial charge in [0.25, 0.3) is 5.91 Å². The molecule has 0 radical (unpaired) electrons. The molecule has 0 aromatic carbocycles. The maximum Gasteiger partial charge on any atom is 0.272 e. The number of carbonyl (C=O) groups excluding carboxylic acids is 1. The molecule has 1 fully saturated rings. The van der Waals surface area contributed by atoms with E-state index in [-0.39, 0.29) is 5.91 Å². The smallest absolute Gasteiger partial charge is 0.272 e. The lowest BCUT2D eigenvalue weighted by atomic mass is 10.0. The van der Waals surface area contributed by atoms with Crippen molar-refractivity contribution in [3.05, 3.63) is 23.9 Å². The Kier molecular flexibility index (Phi) is 3.08. The van der Waals surface area contributed by atoms with E-state index in [4.69, 9.17) is 5.73 Å². The molecule has 86 valence electrons. The number of nitrogen functional groups attached to an aromatic ring is 1. The van der Waals surface area contributed by atoms with Crippen LogP contribution in [0.25, 0.3) is 0 Å². The number of hydrogen-bond donors (Lipinski definition) is 1. The van der Waals surface area contributed by atoms with Crippen molar-refractivity contribution in [3.63, 3.8) is 0 Å². The van der Waals surface area contributed by atoms with E-state index in [1.807, 2.05) is 4.90 Å². The zero-order chi connectivity index (χ0) is 11.5. The van der Waals surface area contributed by atoms with E-state index in [9.17, 15) is 4.79 Å². The Morgan fingerprint density at radius 1 is 1.50 bits per heavy atom. The zero-order valence-corrected chi connectivity index (χ0v) is 9.52. The minimum Gasteiger partial charge on any atom is -0.384 e. The number of likely N-dealkylation sites (tertiary alicyclic amines) is 1. The topological polar surface area (TPSA) is 59.2 Å². The third kappa shape index (κ3) is 2.15. The molecule has 0 spiro atoms. The van der Waals surface area contributed by atoms with Gasteiger partial charge in [-0.1, -0.05) is 6.07 Å². The fraction of sp³-hybridized carbons (Fsp3) is 0.500.